The highest BCUT2D eigenvalue weighted by Crippen LogP contribution is 2.26. The first-order valence-corrected chi connectivity index (χ1v) is 6.21. The minimum Gasteiger partial charge on any atom is -0.485 e. The third kappa shape index (κ3) is 2.92. The Morgan fingerprint density at radius 3 is 2.53 bits per heavy atom. The van der Waals surface area contributed by atoms with Crippen molar-refractivity contribution in [2.24, 2.45) is 0 Å². The molecule has 0 fully saturated rings. The van der Waals surface area contributed by atoms with Crippen molar-refractivity contribution in [1.29, 1.82) is 5.26 Å². The third-order valence-corrected chi connectivity index (χ3v) is 2.98. The Labute approximate surface area is 113 Å². The van der Waals surface area contributed by atoms with E-state index in [0.29, 0.717) is 17.0 Å². The van der Waals surface area contributed by atoms with E-state index in [9.17, 15) is 5.26 Å². The number of aryl methyl sites for hydroxylation is 2. The molecule has 1 heterocycles. The topological polar surface area (TPSA) is 45.9 Å². The van der Waals surface area contributed by atoms with Crippen molar-refractivity contribution in [3.8, 4) is 11.8 Å². The molecule has 0 N–H and O–H groups in total. The van der Waals surface area contributed by atoms with Crippen LogP contribution in [-0.2, 0) is 0 Å². The molecule has 0 saturated heterocycles. The van der Waals surface area contributed by atoms with E-state index in [4.69, 9.17) is 4.74 Å². The van der Waals surface area contributed by atoms with Crippen molar-refractivity contribution >= 4 is 0 Å². The van der Waals surface area contributed by atoms with Gasteiger partial charge in [-0.05, 0) is 26.3 Å². The number of aromatic nitrogens is 1. The standard InChI is InChI=1S/C16H16N2O/c1-11-9-16(15(10-17)12(2)18-11)19-13(3)14-7-5-4-6-8-14/h4-9,13H,1-3H3. The number of hydrogen-bond donors (Lipinski definition) is 0. The van der Waals surface area contributed by atoms with Crippen LogP contribution in [0.15, 0.2) is 36.4 Å². The van der Waals surface area contributed by atoms with E-state index < -0.39 is 0 Å². The van der Waals surface area contributed by atoms with E-state index in [2.05, 4.69) is 11.1 Å². The van der Waals surface area contributed by atoms with E-state index in [1.54, 1.807) is 0 Å². The number of ether oxygens (including phenoxy) is 1. The molecule has 1 aromatic carbocycles. The Bertz CT molecular complexity index is 615. The molecule has 19 heavy (non-hydrogen) atoms. The van der Waals surface area contributed by atoms with E-state index in [0.717, 1.165) is 11.3 Å². The molecular weight excluding hydrogens is 236 g/mol. The van der Waals surface area contributed by atoms with Crippen LogP contribution < -0.4 is 4.74 Å². The highest BCUT2D eigenvalue weighted by Gasteiger charge is 2.13. The molecule has 0 radical (unpaired) electrons. The zero-order chi connectivity index (χ0) is 13.8. The molecule has 3 heteroatoms. The van der Waals surface area contributed by atoms with Gasteiger partial charge in [-0.15, -0.1) is 0 Å². The lowest BCUT2D eigenvalue weighted by Crippen LogP contribution is -2.06. The van der Waals surface area contributed by atoms with Gasteiger partial charge < -0.3 is 4.74 Å². The summed E-state index contributed by atoms with van der Waals surface area (Å²) < 4.78 is 5.92. The fourth-order valence-electron chi connectivity index (χ4n) is 2.00. The summed E-state index contributed by atoms with van der Waals surface area (Å²) in [5, 5.41) is 9.20. The first-order chi connectivity index (χ1) is 9.11. The number of rotatable bonds is 3. The molecule has 1 atom stereocenters. The van der Waals surface area contributed by atoms with Gasteiger partial charge in [-0.1, -0.05) is 30.3 Å². The summed E-state index contributed by atoms with van der Waals surface area (Å²) >= 11 is 0. The molecule has 0 spiro atoms. The maximum absolute atomic E-state index is 9.20. The molecule has 2 rings (SSSR count). The fraction of sp³-hybridized carbons (Fsp3) is 0.250. The summed E-state index contributed by atoms with van der Waals surface area (Å²) in [5.41, 5.74) is 3.15. The minimum atomic E-state index is -0.102. The zero-order valence-corrected chi connectivity index (χ0v) is 11.3. The predicted octanol–water partition coefficient (Wildman–Crippen LogP) is 3.71. The van der Waals surface area contributed by atoms with Crippen LogP contribution in [0.4, 0.5) is 0 Å². The quantitative estimate of drug-likeness (QED) is 0.836. The average molecular weight is 252 g/mol. The summed E-state index contributed by atoms with van der Waals surface area (Å²) in [6.45, 7) is 5.70. The lowest BCUT2D eigenvalue weighted by molar-refractivity contribution is 0.225. The van der Waals surface area contributed by atoms with Gasteiger partial charge >= 0.3 is 0 Å². The van der Waals surface area contributed by atoms with Crippen LogP contribution in [0.3, 0.4) is 0 Å². The van der Waals surface area contributed by atoms with Crippen LogP contribution in [0, 0.1) is 25.2 Å². The highest BCUT2D eigenvalue weighted by atomic mass is 16.5. The Hall–Kier alpha value is -2.34. The lowest BCUT2D eigenvalue weighted by Gasteiger charge is -2.17. The monoisotopic (exact) mass is 252 g/mol. The molecule has 1 unspecified atom stereocenters. The van der Waals surface area contributed by atoms with Crippen LogP contribution in [0.25, 0.3) is 0 Å². The smallest absolute Gasteiger partial charge is 0.141 e. The second-order valence-electron chi connectivity index (χ2n) is 4.50. The second-order valence-corrected chi connectivity index (χ2v) is 4.50. The van der Waals surface area contributed by atoms with Crippen molar-refractivity contribution in [1.82, 2.24) is 4.98 Å². The summed E-state index contributed by atoms with van der Waals surface area (Å²) in [6, 6.07) is 13.9. The Morgan fingerprint density at radius 1 is 1.21 bits per heavy atom. The van der Waals surface area contributed by atoms with Gasteiger partial charge in [-0.2, -0.15) is 5.26 Å². The van der Waals surface area contributed by atoms with Gasteiger partial charge in [-0.3, -0.25) is 4.98 Å². The molecule has 96 valence electrons. The van der Waals surface area contributed by atoms with Gasteiger partial charge in [0, 0.05) is 11.8 Å². The van der Waals surface area contributed by atoms with Gasteiger partial charge in [0.2, 0.25) is 0 Å². The normalized spacial score (nSPS) is 11.7. The van der Waals surface area contributed by atoms with Gasteiger partial charge in [-0.25, -0.2) is 0 Å². The molecule has 0 aliphatic carbocycles. The predicted molar refractivity (Wildman–Crippen MR) is 73.9 cm³/mol. The Kier molecular flexibility index (Phi) is 3.82. The van der Waals surface area contributed by atoms with E-state index in [1.807, 2.05) is 57.2 Å². The maximum Gasteiger partial charge on any atom is 0.141 e. The minimum absolute atomic E-state index is 0.102. The van der Waals surface area contributed by atoms with Crippen molar-refractivity contribution in [2.45, 2.75) is 26.9 Å². The van der Waals surface area contributed by atoms with Crippen molar-refractivity contribution in [3.05, 3.63) is 58.9 Å². The fourth-order valence-corrected chi connectivity index (χ4v) is 2.00. The molecule has 0 bridgehead atoms. The molecule has 2 aromatic rings. The number of pyridine rings is 1. The lowest BCUT2D eigenvalue weighted by atomic mass is 10.1. The molecule has 0 aliphatic rings. The largest absolute Gasteiger partial charge is 0.485 e. The zero-order valence-electron chi connectivity index (χ0n) is 11.3. The number of nitriles is 1. The second kappa shape index (κ2) is 5.53. The number of benzene rings is 1. The Balaban J connectivity index is 2.32. The number of nitrogens with zero attached hydrogens (tertiary/aromatic N) is 2. The van der Waals surface area contributed by atoms with Gasteiger partial charge in [0.15, 0.2) is 0 Å². The Morgan fingerprint density at radius 2 is 1.89 bits per heavy atom. The molecule has 0 saturated carbocycles. The van der Waals surface area contributed by atoms with Crippen LogP contribution >= 0.6 is 0 Å². The first kappa shape index (κ1) is 13.1. The molecule has 0 amide bonds. The summed E-state index contributed by atoms with van der Waals surface area (Å²) in [6.07, 6.45) is -0.102. The van der Waals surface area contributed by atoms with Gasteiger partial charge in [0.05, 0.1) is 5.69 Å². The number of hydrogen-bond acceptors (Lipinski definition) is 3. The summed E-state index contributed by atoms with van der Waals surface area (Å²) in [5.74, 6) is 0.601. The molecule has 3 nitrogen and oxygen atoms in total. The van der Waals surface area contributed by atoms with Crippen LogP contribution in [-0.4, -0.2) is 4.98 Å². The first-order valence-electron chi connectivity index (χ1n) is 6.21. The third-order valence-electron chi connectivity index (χ3n) is 2.98. The van der Waals surface area contributed by atoms with E-state index >= 15 is 0 Å². The van der Waals surface area contributed by atoms with Crippen LogP contribution in [0.1, 0.15) is 35.5 Å². The summed E-state index contributed by atoms with van der Waals surface area (Å²) in [4.78, 5) is 4.28. The SMILES string of the molecule is Cc1cc(OC(C)c2ccccc2)c(C#N)c(C)n1. The summed E-state index contributed by atoms with van der Waals surface area (Å²) in [7, 11) is 0. The van der Waals surface area contributed by atoms with E-state index in [1.165, 1.54) is 0 Å². The van der Waals surface area contributed by atoms with Gasteiger partial charge in [0.25, 0.3) is 0 Å². The van der Waals surface area contributed by atoms with Crippen LogP contribution in [0.5, 0.6) is 5.75 Å². The highest BCUT2D eigenvalue weighted by molar-refractivity contribution is 5.46. The molecule has 0 aliphatic heterocycles. The van der Waals surface area contributed by atoms with Crippen LogP contribution in [0.2, 0.25) is 0 Å². The van der Waals surface area contributed by atoms with Gasteiger partial charge in [0.1, 0.15) is 23.5 Å². The average Bonchev–Trinajstić information content (AvgIpc) is 2.39. The molecular formula is C16H16N2O. The van der Waals surface area contributed by atoms with Crippen molar-refractivity contribution < 1.29 is 4.74 Å². The van der Waals surface area contributed by atoms with Crippen molar-refractivity contribution in [2.75, 3.05) is 0 Å². The van der Waals surface area contributed by atoms with Crippen molar-refractivity contribution in [3.63, 3.8) is 0 Å². The maximum atomic E-state index is 9.20. The molecule has 1 aromatic heterocycles. The van der Waals surface area contributed by atoms with E-state index in [-0.39, 0.29) is 6.10 Å².